The van der Waals surface area contributed by atoms with E-state index >= 15 is 0 Å². The van der Waals surface area contributed by atoms with Crippen molar-refractivity contribution in [3.8, 4) is 0 Å². The summed E-state index contributed by atoms with van der Waals surface area (Å²) in [5, 5.41) is 5.60. The lowest BCUT2D eigenvalue weighted by molar-refractivity contribution is 0.102. The van der Waals surface area contributed by atoms with E-state index in [2.05, 4.69) is 24.5 Å². The van der Waals surface area contributed by atoms with E-state index in [-0.39, 0.29) is 23.1 Å². The molecule has 0 saturated heterocycles. The van der Waals surface area contributed by atoms with Crippen LogP contribution in [0.2, 0.25) is 0 Å². The number of rotatable bonds is 4. The lowest BCUT2D eigenvalue weighted by Crippen LogP contribution is -2.16. The molecule has 0 radical (unpaired) electrons. The van der Waals surface area contributed by atoms with E-state index in [0.29, 0.717) is 0 Å². The van der Waals surface area contributed by atoms with E-state index in [0.717, 1.165) is 11.3 Å². The van der Waals surface area contributed by atoms with Gasteiger partial charge in [0.15, 0.2) is 0 Å². The Morgan fingerprint density at radius 1 is 1.10 bits per heavy atom. The summed E-state index contributed by atoms with van der Waals surface area (Å²) in [6.07, 6.45) is 0. The summed E-state index contributed by atoms with van der Waals surface area (Å²) in [4.78, 5) is 12.4. The van der Waals surface area contributed by atoms with Crippen LogP contribution in [0.3, 0.4) is 0 Å². The predicted molar refractivity (Wildman–Crippen MR) is 84.4 cm³/mol. The molecule has 0 unspecified atom stereocenters. The molecular weight excluding hydrogens is 267 g/mol. The molecule has 2 aromatic carbocycles. The Balaban J connectivity index is 2.33. The second-order valence-corrected chi connectivity index (χ2v) is 5.11. The Kier molecular flexibility index (Phi) is 4.58. The minimum atomic E-state index is -0.442. The number of amides is 1. The highest BCUT2D eigenvalue weighted by Gasteiger charge is 2.16. The largest absolute Gasteiger partial charge is 0.385 e. The number of nitrogens with one attached hydrogen (secondary N) is 2. The first-order valence-corrected chi connectivity index (χ1v) is 6.91. The van der Waals surface area contributed by atoms with Crippen molar-refractivity contribution in [1.82, 2.24) is 0 Å². The molecule has 2 aromatic rings. The van der Waals surface area contributed by atoms with Gasteiger partial charge in [0.1, 0.15) is 5.82 Å². The van der Waals surface area contributed by atoms with E-state index in [1.54, 1.807) is 13.1 Å². The van der Waals surface area contributed by atoms with Crippen molar-refractivity contribution in [2.75, 3.05) is 17.7 Å². The van der Waals surface area contributed by atoms with Crippen LogP contribution in [0.15, 0.2) is 42.5 Å². The van der Waals surface area contributed by atoms with Crippen molar-refractivity contribution < 1.29 is 9.18 Å². The third-order valence-corrected chi connectivity index (χ3v) is 3.34. The predicted octanol–water partition coefficient (Wildman–Crippen LogP) is 4.24. The number of carbonyl (C=O) groups excluding carboxylic acids is 1. The zero-order chi connectivity index (χ0) is 15.4. The molecule has 110 valence electrons. The second-order valence-electron chi connectivity index (χ2n) is 5.11. The lowest BCUT2D eigenvalue weighted by atomic mass is 10.0. The molecule has 0 heterocycles. The molecule has 4 heteroatoms. The number of para-hydroxylation sites is 2. The van der Waals surface area contributed by atoms with E-state index in [9.17, 15) is 9.18 Å². The minimum absolute atomic E-state index is 0.206. The van der Waals surface area contributed by atoms with Gasteiger partial charge in [-0.05, 0) is 29.7 Å². The number of carbonyl (C=O) groups is 1. The standard InChI is InChI=1S/C17H19FN2O/c1-11(2)12-7-4-5-10-15(12)20-17(21)13-8-6-9-14(18)16(13)19-3/h4-11,19H,1-3H3,(H,20,21). The summed E-state index contributed by atoms with van der Waals surface area (Å²) in [5.41, 5.74) is 2.30. The fraction of sp³-hybridized carbons (Fsp3) is 0.235. The zero-order valence-electron chi connectivity index (χ0n) is 12.4. The van der Waals surface area contributed by atoms with Crippen LogP contribution in [0.25, 0.3) is 0 Å². The third-order valence-electron chi connectivity index (χ3n) is 3.34. The van der Waals surface area contributed by atoms with Crippen LogP contribution in [0.4, 0.5) is 15.8 Å². The quantitative estimate of drug-likeness (QED) is 0.882. The van der Waals surface area contributed by atoms with Gasteiger partial charge in [-0.1, -0.05) is 38.1 Å². The normalized spacial score (nSPS) is 10.5. The van der Waals surface area contributed by atoms with Crippen LogP contribution in [-0.4, -0.2) is 13.0 Å². The van der Waals surface area contributed by atoms with Gasteiger partial charge in [0, 0.05) is 12.7 Å². The van der Waals surface area contributed by atoms with E-state index in [1.165, 1.54) is 12.1 Å². The summed E-state index contributed by atoms with van der Waals surface area (Å²) >= 11 is 0. The Morgan fingerprint density at radius 3 is 2.48 bits per heavy atom. The fourth-order valence-electron chi connectivity index (χ4n) is 2.27. The van der Waals surface area contributed by atoms with Gasteiger partial charge in [-0.3, -0.25) is 4.79 Å². The maximum Gasteiger partial charge on any atom is 0.257 e. The van der Waals surface area contributed by atoms with Crippen LogP contribution < -0.4 is 10.6 Å². The highest BCUT2D eigenvalue weighted by Crippen LogP contribution is 2.26. The molecule has 2 rings (SSSR count). The van der Waals surface area contributed by atoms with Crippen molar-refractivity contribution in [2.24, 2.45) is 0 Å². The average molecular weight is 286 g/mol. The molecule has 0 bridgehead atoms. The molecule has 0 aliphatic rings. The van der Waals surface area contributed by atoms with E-state index < -0.39 is 5.82 Å². The first-order chi connectivity index (χ1) is 10.0. The smallest absolute Gasteiger partial charge is 0.257 e. The van der Waals surface area contributed by atoms with Gasteiger partial charge >= 0.3 is 0 Å². The van der Waals surface area contributed by atoms with Gasteiger partial charge in [0.25, 0.3) is 5.91 Å². The maximum atomic E-state index is 13.7. The van der Waals surface area contributed by atoms with Crippen LogP contribution in [0.1, 0.15) is 35.7 Å². The van der Waals surface area contributed by atoms with Crippen molar-refractivity contribution in [3.05, 3.63) is 59.4 Å². The van der Waals surface area contributed by atoms with Gasteiger partial charge in [0.05, 0.1) is 11.3 Å². The number of benzene rings is 2. The van der Waals surface area contributed by atoms with Crippen LogP contribution in [0.5, 0.6) is 0 Å². The summed E-state index contributed by atoms with van der Waals surface area (Å²) in [6, 6.07) is 12.1. The molecule has 2 N–H and O–H groups in total. The molecule has 0 atom stereocenters. The second kappa shape index (κ2) is 6.39. The van der Waals surface area contributed by atoms with Gasteiger partial charge < -0.3 is 10.6 Å². The molecule has 21 heavy (non-hydrogen) atoms. The molecule has 0 saturated carbocycles. The Hall–Kier alpha value is -2.36. The van der Waals surface area contributed by atoms with Crippen LogP contribution >= 0.6 is 0 Å². The molecule has 3 nitrogen and oxygen atoms in total. The fourth-order valence-corrected chi connectivity index (χ4v) is 2.27. The Labute approximate surface area is 124 Å². The van der Waals surface area contributed by atoms with Crippen molar-refractivity contribution >= 4 is 17.3 Å². The highest BCUT2D eigenvalue weighted by molar-refractivity contribution is 6.08. The van der Waals surface area contributed by atoms with Crippen molar-refractivity contribution in [1.29, 1.82) is 0 Å². The minimum Gasteiger partial charge on any atom is -0.385 e. The number of halogens is 1. The van der Waals surface area contributed by atoms with Gasteiger partial charge in [-0.15, -0.1) is 0 Å². The number of hydrogen-bond donors (Lipinski definition) is 2. The molecule has 0 aliphatic carbocycles. The molecule has 0 aromatic heterocycles. The van der Waals surface area contributed by atoms with Crippen LogP contribution in [0, 0.1) is 5.82 Å². The zero-order valence-corrected chi connectivity index (χ0v) is 12.4. The number of hydrogen-bond acceptors (Lipinski definition) is 2. The Morgan fingerprint density at radius 2 is 1.81 bits per heavy atom. The summed E-state index contributed by atoms with van der Waals surface area (Å²) in [7, 11) is 1.59. The summed E-state index contributed by atoms with van der Waals surface area (Å²) < 4.78 is 13.7. The SMILES string of the molecule is CNc1c(F)cccc1C(=O)Nc1ccccc1C(C)C. The third kappa shape index (κ3) is 3.21. The molecule has 1 amide bonds. The van der Waals surface area contributed by atoms with Gasteiger partial charge in [-0.25, -0.2) is 4.39 Å². The monoisotopic (exact) mass is 286 g/mol. The maximum absolute atomic E-state index is 13.7. The van der Waals surface area contributed by atoms with Gasteiger partial charge in [0.2, 0.25) is 0 Å². The topological polar surface area (TPSA) is 41.1 Å². The highest BCUT2D eigenvalue weighted by atomic mass is 19.1. The summed E-state index contributed by atoms with van der Waals surface area (Å²) in [6.45, 7) is 4.12. The molecular formula is C17H19FN2O. The van der Waals surface area contributed by atoms with Gasteiger partial charge in [-0.2, -0.15) is 0 Å². The molecule has 0 spiro atoms. The molecule has 0 fully saturated rings. The van der Waals surface area contributed by atoms with E-state index in [1.807, 2.05) is 24.3 Å². The lowest BCUT2D eigenvalue weighted by Gasteiger charge is -2.15. The Bertz CT molecular complexity index is 653. The number of anilines is 2. The average Bonchev–Trinajstić information content (AvgIpc) is 2.47. The van der Waals surface area contributed by atoms with Crippen molar-refractivity contribution in [3.63, 3.8) is 0 Å². The molecule has 0 aliphatic heterocycles. The van der Waals surface area contributed by atoms with Crippen molar-refractivity contribution in [2.45, 2.75) is 19.8 Å². The summed E-state index contributed by atoms with van der Waals surface area (Å²) in [5.74, 6) is -0.480. The van der Waals surface area contributed by atoms with Crippen LogP contribution in [-0.2, 0) is 0 Å². The first-order valence-electron chi connectivity index (χ1n) is 6.91. The van der Waals surface area contributed by atoms with E-state index in [4.69, 9.17) is 0 Å². The first kappa shape index (κ1) is 15.0.